The molecule has 5 fully saturated rings. The number of azide groups is 3. The van der Waals surface area contributed by atoms with Gasteiger partial charge in [-0.3, -0.25) is 4.79 Å². The molecule has 0 amide bonds. The van der Waals surface area contributed by atoms with Crippen LogP contribution < -0.4 is 0 Å². The van der Waals surface area contributed by atoms with Gasteiger partial charge in [-0.25, -0.2) is 14.4 Å². The maximum Gasteiger partial charge on any atom is 0.338 e. The Hall–Kier alpha value is -10.1. The summed E-state index contributed by atoms with van der Waals surface area (Å²) in [6, 6.07) is 58.8. The molecular formula is C86H97N9O22. The number of hydrogen-bond donors (Lipinski definition) is 0. The molecule has 12 rings (SSSR count). The zero-order valence-corrected chi connectivity index (χ0v) is 65.8. The minimum atomic E-state index is -1.86. The number of carbonyl (C=O) groups is 4. The fraction of sp³-hybridized carbons (Fsp3) is 0.465. The van der Waals surface area contributed by atoms with Crippen LogP contribution in [0.4, 0.5) is 0 Å². The van der Waals surface area contributed by atoms with E-state index in [9.17, 15) is 35.8 Å². The summed E-state index contributed by atoms with van der Waals surface area (Å²) < 4.78 is 121. The van der Waals surface area contributed by atoms with Gasteiger partial charge in [0.15, 0.2) is 49.4 Å². The van der Waals surface area contributed by atoms with Crippen LogP contribution in [0.25, 0.3) is 31.3 Å². The Morgan fingerprint density at radius 3 is 1.19 bits per heavy atom. The normalized spacial score (nSPS) is 30.8. The number of ketones is 1. The molecule has 117 heavy (non-hydrogen) atoms. The summed E-state index contributed by atoms with van der Waals surface area (Å²) in [5.74, 6) is -4.91. The van der Waals surface area contributed by atoms with Crippen molar-refractivity contribution in [2.24, 2.45) is 27.2 Å². The highest BCUT2D eigenvalue weighted by Gasteiger charge is 2.60. The number of Topliss-reactive ketones (excluding diaryl/α,β-unsaturated/α-hetero) is 1. The predicted octanol–water partition coefficient (Wildman–Crippen LogP) is 13.7. The van der Waals surface area contributed by atoms with E-state index in [-0.39, 0.29) is 50.6 Å². The fourth-order valence-corrected chi connectivity index (χ4v) is 15.2. The molecule has 5 saturated heterocycles. The minimum Gasteiger partial charge on any atom is -0.467 e. The minimum absolute atomic E-state index is 0.00445. The van der Waals surface area contributed by atoms with Gasteiger partial charge in [0.05, 0.1) is 81.7 Å². The van der Waals surface area contributed by atoms with Crippen LogP contribution in [0.3, 0.4) is 0 Å². The monoisotopic (exact) mass is 1610 g/mol. The fourth-order valence-electron chi connectivity index (χ4n) is 15.2. The van der Waals surface area contributed by atoms with Gasteiger partial charge >= 0.3 is 17.9 Å². The molecule has 0 aromatic heterocycles. The summed E-state index contributed by atoms with van der Waals surface area (Å²) in [4.78, 5) is 68.1. The van der Waals surface area contributed by atoms with Crippen molar-refractivity contribution >= 4 is 23.7 Å². The number of nitrogens with zero attached hydrogens (tertiary/aromatic N) is 9. The van der Waals surface area contributed by atoms with Crippen molar-refractivity contribution in [2.45, 2.75) is 222 Å². The van der Waals surface area contributed by atoms with Crippen LogP contribution in [-0.4, -0.2) is 186 Å². The molecular weight excluding hydrogens is 1510 g/mol. The van der Waals surface area contributed by atoms with Crippen LogP contribution in [-0.2, 0) is 128 Å². The summed E-state index contributed by atoms with van der Waals surface area (Å²) >= 11 is 0. The van der Waals surface area contributed by atoms with Crippen molar-refractivity contribution in [1.29, 1.82) is 0 Å². The number of rotatable bonds is 36. The van der Waals surface area contributed by atoms with Gasteiger partial charge in [0.25, 0.3) is 0 Å². The zero-order chi connectivity index (χ0) is 82.2. The van der Waals surface area contributed by atoms with Crippen molar-refractivity contribution in [2.75, 3.05) is 20.8 Å². The van der Waals surface area contributed by atoms with E-state index in [1.165, 1.54) is 33.3 Å². The summed E-state index contributed by atoms with van der Waals surface area (Å²) in [5.41, 5.74) is 35.4. The van der Waals surface area contributed by atoms with E-state index >= 15 is 0 Å². The van der Waals surface area contributed by atoms with Crippen molar-refractivity contribution in [3.05, 3.63) is 283 Å². The van der Waals surface area contributed by atoms with Crippen LogP contribution in [0.1, 0.15) is 96.0 Å². The largest absolute Gasteiger partial charge is 0.467 e. The van der Waals surface area contributed by atoms with E-state index in [2.05, 4.69) is 30.1 Å². The third kappa shape index (κ3) is 21.8. The smallest absolute Gasteiger partial charge is 0.338 e. The van der Waals surface area contributed by atoms with Gasteiger partial charge in [0.1, 0.15) is 73.6 Å². The molecule has 10 unspecified atom stereocenters. The number of carbonyl (C=O) groups excluding carboxylic acids is 4. The lowest BCUT2D eigenvalue weighted by molar-refractivity contribution is -0.371. The first kappa shape index (κ1) is 86.3. The van der Waals surface area contributed by atoms with E-state index in [1.807, 2.05) is 141 Å². The maximum absolute atomic E-state index is 14.9. The first-order valence-corrected chi connectivity index (χ1v) is 39.0. The van der Waals surface area contributed by atoms with Crippen molar-refractivity contribution in [1.82, 2.24) is 0 Å². The Kier molecular flexibility index (Phi) is 31.6. The summed E-state index contributed by atoms with van der Waals surface area (Å²) in [6.45, 7) is 7.96. The number of benzene rings is 7. The van der Waals surface area contributed by atoms with E-state index in [1.54, 1.807) is 86.6 Å². The second-order valence-electron chi connectivity index (χ2n) is 28.9. The van der Waals surface area contributed by atoms with Crippen molar-refractivity contribution in [3.8, 4) is 0 Å². The molecule has 5 aliphatic heterocycles. The molecule has 0 spiro atoms. The molecule has 5 aliphatic rings. The third-order valence-corrected chi connectivity index (χ3v) is 21.2. The Morgan fingerprint density at radius 2 is 0.735 bits per heavy atom. The molecule has 0 saturated carbocycles. The molecule has 0 radical (unpaired) electrons. The number of methoxy groups -OCH3 is 2. The van der Waals surface area contributed by atoms with Crippen LogP contribution in [0.5, 0.6) is 0 Å². The van der Waals surface area contributed by atoms with Crippen molar-refractivity contribution < 1.29 is 104 Å². The van der Waals surface area contributed by atoms with E-state index in [0.717, 1.165) is 16.7 Å². The topological polar surface area (TPSA) is 381 Å². The second kappa shape index (κ2) is 42.9. The standard InChI is InChI=1S/C86H97N9O22/c1-8-61-67(112-82-52(4)68(102-45-54-31-17-10-18-32-54)75(77(117-82)81(99)100-6)115-85-66(92-95-89)72(104-47-56-35-21-12-22-36-56)70(62(9-2)109-85)103-46-55-33-19-11-20-34-55)51(3)64(90-93-87)84(108-61)116-76-69(53(5)96)113-86(78(111-80(98)60-43-29-16-30-44-60)74(76)106-49-58-39-25-14-26-40-58)114-71-63(50-107-79(97)59-41-27-15-28-42-59)110-83(101-7)65(91-94-88)73(71)105-48-57-37-23-13-24-38-57/h10-44,51-52,61-78,82-86H,8-9,45-50H2,1-7H3/t51?,52?,61?,62?,63?,64-,65-,66?,67-,68+,69?,70+,71+,72+,73?,74+,75-,76+,77?,78?,82+,83-,84+,85+,86-/m0/s1. The Labute approximate surface area is 677 Å². The van der Waals surface area contributed by atoms with Gasteiger partial charge < -0.3 is 85.3 Å². The zero-order valence-electron chi connectivity index (χ0n) is 65.8. The molecule has 0 bridgehead atoms. The van der Waals surface area contributed by atoms with Gasteiger partial charge in [-0.2, -0.15) is 0 Å². The lowest BCUT2D eigenvalue weighted by Gasteiger charge is -2.51. The Balaban J connectivity index is 0.876. The van der Waals surface area contributed by atoms with Crippen molar-refractivity contribution in [3.63, 3.8) is 0 Å². The summed E-state index contributed by atoms with van der Waals surface area (Å²) in [6.07, 6.45) is -26.5. The van der Waals surface area contributed by atoms with E-state index < -0.39 is 183 Å². The highest BCUT2D eigenvalue weighted by atomic mass is 16.8. The predicted molar refractivity (Wildman–Crippen MR) is 418 cm³/mol. The molecule has 0 N–H and O–H groups in total. The second-order valence-corrected chi connectivity index (χ2v) is 28.9. The average Bonchev–Trinajstić information content (AvgIpc) is 0.759. The van der Waals surface area contributed by atoms with Crippen LogP contribution in [0.2, 0.25) is 0 Å². The molecule has 7 aromatic carbocycles. The molecule has 31 heteroatoms. The Morgan fingerprint density at radius 1 is 0.368 bits per heavy atom. The molecule has 5 heterocycles. The lowest BCUT2D eigenvalue weighted by atomic mass is 9.86. The molecule has 0 aliphatic carbocycles. The number of esters is 3. The maximum atomic E-state index is 14.9. The lowest BCUT2D eigenvalue weighted by Crippen LogP contribution is -2.67. The molecule has 25 atom stereocenters. The van der Waals surface area contributed by atoms with Crippen LogP contribution >= 0.6 is 0 Å². The van der Waals surface area contributed by atoms with Crippen LogP contribution in [0, 0.1) is 11.8 Å². The molecule has 618 valence electrons. The Bertz CT molecular complexity index is 4440. The van der Waals surface area contributed by atoms with Gasteiger partial charge in [-0.15, -0.1) is 0 Å². The van der Waals surface area contributed by atoms with E-state index in [0.29, 0.717) is 17.5 Å². The highest BCUT2D eigenvalue weighted by Crippen LogP contribution is 2.44. The highest BCUT2D eigenvalue weighted by molar-refractivity contribution is 5.90. The average molecular weight is 1610 g/mol. The molecule has 31 nitrogen and oxygen atoms in total. The molecule has 7 aromatic rings. The van der Waals surface area contributed by atoms with E-state index in [4.69, 9.17) is 85.3 Å². The first-order valence-electron chi connectivity index (χ1n) is 39.0. The number of hydrogen-bond acceptors (Lipinski definition) is 25. The van der Waals surface area contributed by atoms with Gasteiger partial charge in [0.2, 0.25) is 0 Å². The van der Waals surface area contributed by atoms with Gasteiger partial charge in [-0.1, -0.05) is 231 Å². The summed E-state index contributed by atoms with van der Waals surface area (Å²) in [7, 11) is 2.53. The van der Waals surface area contributed by atoms with Crippen LogP contribution in [0.15, 0.2) is 228 Å². The first-order chi connectivity index (χ1) is 57.1. The SMILES string of the molecule is CCC1O[C@H](O[C@@H]2C(C(C)=O)O[C@@H](O[C@@H]3C(COC(=O)c4ccccc4)O[C@H](OC)[C@@H](N=[N+]=[N-])C3OCc3ccccc3)C(OC(=O)c3ccccc3)[C@@H]2OCc2ccccc2)[C@@H](N=[N+]=[N-])C(C)[C@@H]1O[C@@H]1OC(C(=O)OC)[C@@H](O[C@H]2OC(CC)[C@@H](OCc3ccccc3)[C@H](OCc3ccccc3)C2N=[N+]=[N-])[C@H](OCc2ccccc2)C1C. The third-order valence-electron chi connectivity index (χ3n) is 21.2. The van der Waals surface area contributed by atoms with Gasteiger partial charge in [0, 0.05) is 27.8 Å². The van der Waals surface area contributed by atoms with Gasteiger partial charge in [-0.05, 0) is 94.4 Å². The summed E-state index contributed by atoms with van der Waals surface area (Å²) in [5, 5.41) is 12.7. The quantitative estimate of drug-likeness (QED) is 0.0116. The number of ether oxygens (including phenoxy) is 18.